The molecule has 114 valence electrons. The Kier molecular flexibility index (Phi) is 4.73. The topological polar surface area (TPSA) is 46.5 Å². The Labute approximate surface area is 122 Å². The normalized spacial score (nSPS) is 17.4. The summed E-state index contributed by atoms with van der Waals surface area (Å²) in [5, 5.41) is 9.45. The monoisotopic (exact) mass is 296 g/mol. The van der Waals surface area contributed by atoms with Gasteiger partial charge < -0.3 is 9.84 Å². The van der Waals surface area contributed by atoms with Gasteiger partial charge in [0.15, 0.2) is 0 Å². The van der Waals surface area contributed by atoms with Crippen molar-refractivity contribution in [3.8, 4) is 0 Å². The van der Waals surface area contributed by atoms with Crippen molar-refractivity contribution in [2.75, 3.05) is 6.61 Å². The fraction of sp³-hybridized carbons (Fsp3) is 0.438. The molecule has 5 heteroatoms. The summed E-state index contributed by atoms with van der Waals surface area (Å²) < 4.78 is 31.7. The first-order valence-electron chi connectivity index (χ1n) is 6.95. The summed E-state index contributed by atoms with van der Waals surface area (Å²) in [6.45, 7) is 2.52. The average Bonchev–Trinajstić information content (AvgIpc) is 2.44. The second kappa shape index (κ2) is 6.35. The van der Waals surface area contributed by atoms with Gasteiger partial charge in [0.2, 0.25) is 0 Å². The molecular weight excluding hydrogens is 278 g/mol. The number of hydrogen-bond acceptors (Lipinski definition) is 2. The minimum atomic E-state index is -2.68. The molecule has 0 amide bonds. The lowest BCUT2D eigenvalue weighted by Gasteiger charge is -2.23. The third-order valence-electron chi connectivity index (χ3n) is 3.58. The lowest BCUT2D eigenvalue weighted by atomic mass is 9.87. The highest BCUT2D eigenvalue weighted by Crippen LogP contribution is 2.37. The van der Waals surface area contributed by atoms with Crippen molar-refractivity contribution in [3.05, 3.63) is 41.0 Å². The zero-order valence-electron chi connectivity index (χ0n) is 11.9. The zero-order valence-corrected chi connectivity index (χ0v) is 11.9. The van der Waals surface area contributed by atoms with Crippen molar-refractivity contribution in [2.24, 2.45) is 0 Å². The molecule has 0 bridgehead atoms. The Morgan fingerprint density at radius 1 is 1.43 bits per heavy atom. The van der Waals surface area contributed by atoms with Gasteiger partial charge in [0.05, 0.1) is 12.2 Å². The van der Waals surface area contributed by atoms with Gasteiger partial charge in [-0.05, 0) is 30.0 Å². The molecule has 3 nitrogen and oxygen atoms in total. The van der Waals surface area contributed by atoms with E-state index < -0.39 is 11.9 Å². The Morgan fingerprint density at radius 3 is 2.76 bits per heavy atom. The highest BCUT2D eigenvalue weighted by molar-refractivity contribution is 5.95. The molecule has 0 saturated carbocycles. The molecule has 1 aromatic carbocycles. The average molecular weight is 296 g/mol. The number of benzene rings is 1. The van der Waals surface area contributed by atoms with Crippen molar-refractivity contribution in [2.45, 2.75) is 38.7 Å². The van der Waals surface area contributed by atoms with Gasteiger partial charge in [-0.25, -0.2) is 13.6 Å². The van der Waals surface area contributed by atoms with E-state index in [-0.39, 0.29) is 31.4 Å². The third-order valence-corrected chi connectivity index (χ3v) is 3.58. The third kappa shape index (κ3) is 3.67. The number of halogens is 2. The number of ether oxygens (including phenoxy) is 1. The predicted octanol–water partition coefficient (Wildman–Crippen LogP) is 4.12. The number of carboxylic acid groups (broad SMARTS) is 1. The first-order chi connectivity index (χ1) is 9.94. The van der Waals surface area contributed by atoms with E-state index in [1.165, 1.54) is 6.08 Å². The van der Waals surface area contributed by atoms with Crippen LogP contribution in [0.1, 0.15) is 47.7 Å². The van der Waals surface area contributed by atoms with E-state index in [9.17, 15) is 18.7 Å². The SMILES string of the molecule is CCOCc1cccc(C2=CCC(F)(F)CC2)c1C(=O)O. The Hall–Kier alpha value is -1.75. The zero-order chi connectivity index (χ0) is 15.5. The summed E-state index contributed by atoms with van der Waals surface area (Å²) in [5.74, 6) is -3.74. The quantitative estimate of drug-likeness (QED) is 0.889. The Bertz CT molecular complexity index is 565. The molecule has 0 saturated heterocycles. The molecule has 1 aliphatic rings. The molecule has 0 aliphatic heterocycles. The first kappa shape index (κ1) is 15.6. The predicted molar refractivity (Wildman–Crippen MR) is 75.5 cm³/mol. The van der Waals surface area contributed by atoms with E-state index in [1.807, 2.05) is 6.92 Å². The standard InChI is InChI=1S/C16H18F2O3/c1-2-21-10-12-4-3-5-13(14(12)15(19)20)11-6-8-16(17,18)9-7-11/h3-6H,2,7-10H2,1H3,(H,19,20). The van der Waals surface area contributed by atoms with Gasteiger partial charge in [-0.15, -0.1) is 0 Å². The number of aromatic carboxylic acids is 1. The second-order valence-corrected chi connectivity index (χ2v) is 5.07. The number of carbonyl (C=O) groups is 1. The molecule has 1 N–H and O–H groups in total. The highest BCUT2D eigenvalue weighted by atomic mass is 19.3. The van der Waals surface area contributed by atoms with Crippen molar-refractivity contribution in [1.29, 1.82) is 0 Å². The van der Waals surface area contributed by atoms with Crippen LogP contribution in [0.4, 0.5) is 8.78 Å². The number of carboxylic acids is 1. The number of rotatable bonds is 5. The van der Waals surface area contributed by atoms with Crippen LogP contribution in [-0.4, -0.2) is 23.6 Å². The van der Waals surface area contributed by atoms with Gasteiger partial charge in [-0.1, -0.05) is 24.3 Å². The van der Waals surface area contributed by atoms with Gasteiger partial charge in [0.1, 0.15) is 0 Å². The Morgan fingerprint density at radius 2 is 2.19 bits per heavy atom. The van der Waals surface area contributed by atoms with Crippen LogP contribution in [0.25, 0.3) is 5.57 Å². The van der Waals surface area contributed by atoms with Crippen LogP contribution < -0.4 is 0 Å². The van der Waals surface area contributed by atoms with E-state index in [0.29, 0.717) is 23.3 Å². The lowest BCUT2D eigenvalue weighted by molar-refractivity contribution is -0.00603. The van der Waals surface area contributed by atoms with Crippen LogP contribution in [0, 0.1) is 0 Å². The van der Waals surface area contributed by atoms with E-state index in [4.69, 9.17) is 4.74 Å². The van der Waals surface area contributed by atoms with Crippen molar-refractivity contribution in [1.82, 2.24) is 0 Å². The fourth-order valence-electron chi connectivity index (χ4n) is 2.49. The molecule has 1 aliphatic carbocycles. The number of hydrogen-bond donors (Lipinski definition) is 1. The molecule has 2 rings (SSSR count). The minimum absolute atomic E-state index is 0.155. The molecule has 21 heavy (non-hydrogen) atoms. The lowest BCUT2D eigenvalue weighted by Crippen LogP contribution is -2.19. The van der Waals surface area contributed by atoms with Gasteiger partial charge in [0.25, 0.3) is 5.92 Å². The molecule has 0 radical (unpaired) electrons. The summed E-state index contributed by atoms with van der Waals surface area (Å²) >= 11 is 0. The van der Waals surface area contributed by atoms with Crippen LogP contribution in [0.5, 0.6) is 0 Å². The molecule has 1 aromatic rings. The summed E-state index contributed by atoms with van der Waals surface area (Å²) in [5.41, 5.74) is 1.93. The minimum Gasteiger partial charge on any atom is -0.478 e. The summed E-state index contributed by atoms with van der Waals surface area (Å²) in [6, 6.07) is 5.11. The van der Waals surface area contributed by atoms with Gasteiger partial charge in [-0.2, -0.15) is 0 Å². The molecule has 0 unspecified atom stereocenters. The smallest absolute Gasteiger partial charge is 0.336 e. The van der Waals surface area contributed by atoms with Gasteiger partial charge in [0, 0.05) is 19.4 Å². The Balaban J connectivity index is 2.39. The van der Waals surface area contributed by atoms with Gasteiger partial charge in [-0.3, -0.25) is 0 Å². The van der Waals surface area contributed by atoms with E-state index in [2.05, 4.69) is 0 Å². The maximum atomic E-state index is 13.2. The summed E-state index contributed by atoms with van der Waals surface area (Å²) in [6.07, 6.45) is 1.06. The number of alkyl halides is 2. The summed E-state index contributed by atoms with van der Waals surface area (Å²) in [7, 11) is 0. The molecule has 0 aromatic heterocycles. The van der Waals surface area contributed by atoms with E-state index >= 15 is 0 Å². The second-order valence-electron chi connectivity index (χ2n) is 5.07. The van der Waals surface area contributed by atoms with Gasteiger partial charge >= 0.3 is 5.97 Å². The van der Waals surface area contributed by atoms with Crippen molar-refractivity contribution in [3.63, 3.8) is 0 Å². The van der Waals surface area contributed by atoms with E-state index in [0.717, 1.165) is 0 Å². The molecular formula is C16H18F2O3. The molecule has 0 heterocycles. The molecule has 0 spiro atoms. The summed E-state index contributed by atoms with van der Waals surface area (Å²) in [4.78, 5) is 11.5. The molecule has 0 fully saturated rings. The van der Waals surface area contributed by atoms with Crippen LogP contribution in [0.3, 0.4) is 0 Å². The van der Waals surface area contributed by atoms with Crippen molar-refractivity contribution < 1.29 is 23.4 Å². The number of allylic oxidation sites excluding steroid dienone is 2. The first-order valence-corrected chi connectivity index (χ1v) is 6.95. The maximum absolute atomic E-state index is 13.2. The van der Waals surface area contributed by atoms with Crippen LogP contribution in [-0.2, 0) is 11.3 Å². The molecule has 0 atom stereocenters. The fourth-order valence-corrected chi connectivity index (χ4v) is 2.49. The highest BCUT2D eigenvalue weighted by Gasteiger charge is 2.32. The van der Waals surface area contributed by atoms with Crippen LogP contribution in [0.15, 0.2) is 24.3 Å². The van der Waals surface area contributed by atoms with Crippen LogP contribution in [0.2, 0.25) is 0 Å². The maximum Gasteiger partial charge on any atom is 0.336 e. The van der Waals surface area contributed by atoms with Crippen molar-refractivity contribution >= 4 is 11.5 Å². The van der Waals surface area contributed by atoms with Crippen LogP contribution >= 0.6 is 0 Å². The van der Waals surface area contributed by atoms with E-state index in [1.54, 1.807) is 18.2 Å². The largest absolute Gasteiger partial charge is 0.478 e.